The zero-order chi connectivity index (χ0) is 11.5. The van der Waals surface area contributed by atoms with Crippen molar-refractivity contribution in [3.63, 3.8) is 0 Å². The standard InChI is InChI=1S/C13H14BrNS/c1-2-9-7-10(14)3-5-12(9)13-6-4-11(8-15)16-13/h3-7H,2,8,15H2,1H3. The Morgan fingerprint density at radius 2 is 2.06 bits per heavy atom. The Labute approximate surface area is 108 Å². The number of hydrogen-bond donors (Lipinski definition) is 1. The molecule has 2 N–H and O–H groups in total. The first-order valence-corrected chi connectivity index (χ1v) is 6.93. The zero-order valence-electron chi connectivity index (χ0n) is 9.16. The van der Waals surface area contributed by atoms with Gasteiger partial charge in [0.15, 0.2) is 0 Å². The molecule has 1 aromatic heterocycles. The SMILES string of the molecule is CCc1cc(Br)ccc1-c1ccc(CN)s1. The summed E-state index contributed by atoms with van der Waals surface area (Å²) in [6, 6.07) is 10.7. The van der Waals surface area contributed by atoms with E-state index in [1.807, 2.05) is 0 Å². The lowest BCUT2D eigenvalue weighted by Gasteiger charge is -2.06. The molecule has 16 heavy (non-hydrogen) atoms. The summed E-state index contributed by atoms with van der Waals surface area (Å²) in [6.07, 6.45) is 1.05. The van der Waals surface area contributed by atoms with E-state index < -0.39 is 0 Å². The van der Waals surface area contributed by atoms with Crippen LogP contribution in [-0.2, 0) is 13.0 Å². The minimum Gasteiger partial charge on any atom is -0.326 e. The molecule has 1 aromatic carbocycles. The fourth-order valence-electron chi connectivity index (χ4n) is 1.73. The van der Waals surface area contributed by atoms with Crippen LogP contribution >= 0.6 is 27.3 Å². The third-order valence-electron chi connectivity index (χ3n) is 2.58. The molecule has 0 saturated carbocycles. The van der Waals surface area contributed by atoms with Crippen LogP contribution in [0.2, 0.25) is 0 Å². The van der Waals surface area contributed by atoms with E-state index in [0.717, 1.165) is 10.9 Å². The summed E-state index contributed by atoms with van der Waals surface area (Å²) in [5.74, 6) is 0. The highest BCUT2D eigenvalue weighted by atomic mass is 79.9. The van der Waals surface area contributed by atoms with Gasteiger partial charge in [-0.2, -0.15) is 0 Å². The molecule has 0 spiro atoms. The molecule has 0 atom stereocenters. The predicted molar refractivity (Wildman–Crippen MR) is 74.7 cm³/mol. The topological polar surface area (TPSA) is 26.0 Å². The van der Waals surface area contributed by atoms with Crippen molar-refractivity contribution in [1.29, 1.82) is 0 Å². The highest BCUT2D eigenvalue weighted by molar-refractivity contribution is 9.10. The lowest BCUT2D eigenvalue weighted by molar-refractivity contribution is 1.11. The predicted octanol–water partition coefficient (Wildman–Crippen LogP) is 4.20. The first kappa shape index (κ1) is 11.8. The maximum absolute atomic E-state index is 5.64. The molecule has 0 fully saturated rings. The van der Waals surface area contributed by atoms with Crippen LogP contribution in [0.1, 0.15) is 17.4 Å². The van der Waals surface area contributed by atoms with Crippen molar-refractivity contribution in [2.24, 2.45) is 5.73 Å². The van der Waals surface area contributed by atoms with Gasteiger partial charge in [0.05, 0.1) is 0 Å². The fourth-order valence-corrected chi connectivity index (χ4v) is 3.08. The Bertz CT molecular complexity index is 490. The van der Waals surface area contributed by atoms with Crippen molar-refractivity contribution in [2.45, 2.75) is 19.9 Å². The zero-order valence-corrected chi connectivity index (χ0v) is 11.6. The van der Waals surface area contributed by atoms with Gasteiger partial charge in [0.2, 0.25) is 0 Å². The van der Waals surface area contributed by atoms with Crippen LogP contribution < -0.4 is 5.73 Å². The van der Waals surface area contributed by atoms with Crippen molar-refractivity contribution >= 4 is 27.3 Å². The van der Waals surface area contributed by atoms with E-state index in [1.165, 1.54) is 20.9 Å². The van der Waals surface area contributed by atoms with E-state index in [1.54, 1.807) is 11.3 Å². The van der Waals surface area contributed by atoms with E-state index >= 15 is 0 Å². The third kappa shape index (κ3) is 2.37. The lowest BCUT2D eigenvalue weighted by Crippen LogP contribution is -1.91. The van der Waals surface area contributed by atoms with E-state index in [9.17, 15) is 0 Å². The van der Waals surface area contributed by atoms with Gasteiger partial charge in [-0.1, -0.05) is 28.9 Å². The quantitative estimate of drug-likeness (QED) is 0.902. The van der Waals surface area contributed by atoms with Gasteiger partial charge in [0, 0.05) is 20.8 Å². The summed E-state index contributed by atoms with van der Waals surface area (Å²) in [7, 11) is 0. The van der Waals surface area contributed by atoms with Gasteiger partial charge in [0.25, 0.3) is 0 Å². The first-order chi connectivity index (χ1) is 7.74. The van der Waals surface area contributed by atoms with E-state index in [2.05, 4.69) is 53.2 Å². The normalized spacial score (nSPS) is 10.7. The molecule has 0 amide bonds. The monoisotopic (exact) mass is 295 g/mol. The Morgan fingerprint density at radius 3 is 2.69 bits per heavy atom. The molecule has 2 rings (SSSR count). The van der Waals surface area contributed by atoms with Gasteiger partial charge >= 0.3 is 0 Å². The summed E-state index contributed by atoms with van der Waals surface area (Å²) in [5, 5.41) is 0. The second kappa shape index (κ2) is 5.13. The molecule has 1 heterocycles. The van der Waals surface area contributed by atoms with E-state index in [4.69, 9.17) is 5.73 Å². The van der Waals surface area contributed by atoms with Crippen LogP contribution in [0.4, 0.5) is 0 Å². The molecule has 0 unspecified atom stereocenters. The van der Waals surface area contributed by atoms with Gasteiger partial charge < -0.3 is 5.73 Å². The molecule has 0 aliphatic carbocycles. The molecule has 0 bridgehead atoms. The molecular formula is C13H14BrNS. The fraction of sp³-hybridized carbons (Fsp3) is 0.231. The van der Waals surface area contributed by atoms with Crippen LogP contribution in [0.5, 0.6) is 0 Å². The molecule has 0 radical (unpaired) electrons. The minimum absolute atomic E-state index is 0.628. The molecule has 2 aromatic rings. The highest BCUT2D eigenvalue weighted by Gasteiger charge is 2.06. The molecule has 0 saturated heterocycles. The van der Waals surface area contributed by atoms with Crippen LogP contribution in [0, 0.1) is 0 Å². The maximum atomic E-state index is 5.64. The summed E-state index contributed by atoms with van der Waals surface area (Å²) in [5.41, 5.74) is 8.34. The van der Waals surface area contributed by atoms with Crippen LogP contribution in [0.25, 0.3) is 10.4 Å². The number of nitrogens with two attached hydrogens (primary N) is 1. The van der Waals surface area contributed by atoms with Crippen molar-refractivity contribution in [1.82, 2.24) is 0 Å². The Hall–Kier alpha value is -0.640. The largest absolute Gasteiger partial charge is 0.326 e. The van der Waals surface area contributed by atoms with Crippen LogP contribution in [0.3, 0.4) is 0 Å². The Balaban J connectivity index is 2.46. The second-order valence-corrected chi connectivity index (χ2v) is 5.71. The molecular weight excluding hydrogens is 282 g/mol. The summed E-state index contributed by atoms with van der Waals surface area (Å²) >= 11 is 5.29. The molecule has 0 aliphatic heterocycles. The average Bonchev–Trinajstić information content (AvgIpc) is 2.77. The van der Waals surface area contributed by atoms with Crippen molar-refractivity contribution in [3.8, 4) is 10.4 Å². The van der Waals surface area contributed by atoms with Crippen molar-refractivity contribution < 1.29 is 0 Å². The summed E-state index contributed by atoms with van der Waals surface area (Å²) in [4.78, 5) is 2.55. The van der Waals surface area contributed by atoms with Gasteiger partial charge in [-0.3, -0.25) is 0 Å². The summed E-state index contributed by atoms with van der Waals surface area (Å²) in [6.45, 7) is 2.81. The third-order valence-corrected chi connectivity index (χ3v) is 4.21. The lowest BCUT2D eigenvalue weighted by atomic mass is 10.0. The summed E-state index contributed by atoms with van der Waals surface area (Å²) < 4.78 is 1.14. The van der Waals surface area contributed by atoms with E-state index in [0.29, 0.717) is 6.54 Å². The number of halogens is 1. The maximum Gasteiger partial charge on any atom is 0.0348 e. The molecule has 3 heteroatoms. The van der Waals surface area contributed by atoms with Crippen LogP contribution in [-0.4, -0.2) is 0 Å². The Morgan fingerprint density at radius 1 is 1.25 bits per heavy atom. The van der Waals surface area contributed by atoms with Crippen LogP contribution in [0.15, 0.2) is 34.8 Å². The van der Waals surface area contributed by atoms with Gasteiger partial charge in [-0.05, 0) is 41.8 Å². The first-order valence-electron chi connectivity index (χ1n) is 5.32. The number of benzene rings is 1. The smallest absolute Gasteiger partial charge is 0.0348 e. The molecule has 0 aliphatic rings. The van der Waals surface area contributed by atoms with Gasteiger partial charge in [0.1, 0.15) is 0 Å². The van der Waals surface area contributed by atoms with Gasteiger partial charge in [-0.15, -0.1) is 11.3 Å². The van der Waals surface area contributed by atoms with Gasteiger partial charge in [-0.25, -0.2) is 0 Å². The van der Waals surface area contributed by atoms with Crippen molar-refractivity contribution in [2.75, 3.05) is 0 Å². The number of thiophene rings is 1. The Kier molecular flexibility index (Phi) is 3.79. The number of rotatable bonds is 3. The number of hydrogen-bond acceptors (Lipinski definition) is 2. The average molecular weight is 296 g/mol. The second-order valence-electron chi connectivity index (χ2n) is 3.63. The molecule has 84 valence electrons. The van der Waals surface area contributed by atoms with Crippen molar-refractivity contribution in [3.05, 3.63) is 45.2 Å². The van der Waals surface area contributed by atoms with E-state index in [-0.39, 0.29) is 0 Å². The molecule has 1 nitrogen and oxygen atoms in total. The number of aryl methyl sites for hydroxylation is 1. The minimum atomic E-state index is 0.628. The highest BCUT2D eigenvalue weighted by Crippen LogP contribution is 2.32.